The van der Waals surface area contributed by atoms with Crippen molar-refractivity contribution < 1.29 is 0 Å². The van der Waals surface area contributed by atoms with Crippen molar-refractivity contribution in [3.8, 4) is 0 Å². The smallest absolute Gasteiger partial charge is 0.0450 e. The molecule has 2 saturated carbocycles. The second-order valence-corrected chi connectivity index (χ2v) is 8.88. The van der Waals surface area contributed by atoms with Gasteiger partial charge >= 0.3 is 0 Å². The van der Waals surface area contributed by atoms with Gasteiger partial charge in [-0.15, -0.1) is 6.58 Å². The van der Waals surface area contributed by atoms with Crippen LogP contribution in [0.5, 0.6) is 0 Å². The lowest BCUT2D eigenvalue weighted by molar-refractivity contribution is 0.388. The van der Waals surface area contributed by atoms with E-state index in [4.69, 9.17) is 4.98 Å². The second kappa shape index (κ2) is 20.5. The normalized spacial score (nSPS) is 13.8. The molecule has 0 spiro atoms. The van der Waals surface area contributed by atoms with Crippen LogP contribution < -0.4 is 0 Å². The predicted molar refractivity (Wildman–Crippen MR) is 155 cm³/mol. The molecule has 0 aliphatic heterocycles. The highest BCUT2D eigenvalue weighted by atomic mass is 14.7. The van der Waals surface area contributed by atoms with Crippen molar-refractivity contribution in [2.24, 2.45) is 5.92 Å². The van der Waals surface area contributed by atoms with E-state index < -0.39 is 0 Å². The van der Waals surface area contributed by atoms with Gasteiger partial charge in [0.05, 0.1) is 0 Å². The van der Waals surface area contributed by atoms with Crippen LogP contribution >= 0.6 is 0 Å². The number of unbranched alkanes of at least 4 members (excludes halogenated alkanes) is 2. The van der Waals surface area contributed by atoms with Crippen LogP contribution in [0.2, 0.25) is 0 Å². The van der Waals surface area contributed by atoms with Gasteiger partial charge in [0, 0.05) is 17.8 Å². The van der Waals surface area contributed by atoms with E-state index in [1.165, 1.54) is 79.4 Å². The Balaban J connectivity index is 0.000000599. The average Bonchev–Trinajstić information content (AvgIpc) is 3.68. The molecule has 1 heteroatoms. The molecule has 1 heterocycles. The van der Waals surface area contributed by atoms with E-state index in [1.807, 2.05) is 27.7 Å². The minimum absolute atomic E-state index is 0.797. The van der Waals surface area contributed by atoms with Crippen LogP contribution in [0.1, 0.15) is 134 Å². The summed E-state index contributed by atoms with van der Waals surface area (Å²) in [5.74, 6) is 1.68. The Bertz CT molecular complexity index is 734. The minimum atomic E-state index is 0.797. The first-order valence-electron chi connectivity index (χ1n) is 14.3. The number of aromatic nitrogens is 1. The van der Waals surface area contributed by atoms with Crippen molar-refractivity contribution >= 4 is 0 Å². The van der Waals surface area contributed by atoms with Gasteiger partial charge in [-0.3, -0.25) is 4.98 Å². The van der Waals surface area contributed by atoms with Crippen LogP contribution in [0.4, 0.5) is 0 Å². The van der Waals surface area contributed by atoms with Crippen LogP contribution in [0.3, 0.4) is 0 Å². The zero-order valence-electron chi connectivity index (χ0n) is 23.9. The highest BCUT2D eigenvalue weighted by Gasteiger charge is 2.25. The number of benzene rings is 1. The van der Waals surface area contributed by atoms with Gasteiger partial charge in [0.15, 0.2) is 0 Å². The SMILES string of the molecule is C=CC1CCC1.CC.CC.CCCCC.CCc1ccc(Cc2ccc(C3CC3)c(C)n2)cc1. The van der Waals surface area contributed by atoms with Crippen LogP contribution in [-0.2, 0) is 12.8 Å². The van der Waals surface area contributed by atoms with Gasteiger partial charge < -0.3 is 0 Å². The summed E-state index contributed by atoms with van der Waals surface area (Å²) in [7, 11) is 0. The highest BCUT2D eigenvalue weighted by molar-refractivity contribution is 5.32. The predicted octanol–water partition coefficient (Wildman–Crippen LogP) is 10.6. The standard InChI is InChI=1S/C18H21N.C6H10.C5H12.2C2H6/c1-3-14-4-6-15(7-5-14)12-17-10-11-18(13(2)19-17)16-8-9-16;1-2-6-4-3-5-6;1-3-5-4-2;2*1-2/h4-7,10-11,16H,3,8-9,12H2,1-2H3;2,6H,1,3-5H2;3-5H2,1-2H3;2*1-2H3. The summed E-state index contributed by atoms with van der Waals surface area (Å²) in [6.07, 6.45) is 15.1. The number of hydrogen-bond acceptors (Lipinski definition) is 1. The van der Waals surface area contributed by atoms with Crippen molar-refractivity contribution in [2.45, 2.75) is 126 Å². The van der Waals surface area contributed by atoms with Crippen molar-refractivity contribution in [1.82, 2.24) is 4.98 Å². The molecule has 34 heavy (non-hydrogen) atoms. The number of nitrogens with zero attached hydrogens (tertiary/aromatic N) is 1. The van der Waals surface area contributed by atoms with E-state index >= 15 is 0 Å². The van der Waals surface area contributed by atoms with Gasteiger partial charge in [-0.25, -0.2) is 0 Å². The lowest BCUT2D eigenvalue weighted by Gasteiger charge is -2.20. The van der Waals surface area contributed by atoms with Gasteiger partial charge in [0.2, 0.25) is 0 Å². The molecular weight excluding hydrogens is 410 g/mol. The molecule has 4 rings (SSSR count). The molecular formula is C33H55N. The third kappa shape index (κ3) is 13.1. The lowest BCUT2D eigenvalue weighted by Crippen LogP contribution is -2.05. The van der Waals surface area contributed by atoms with Gasteiger partial charge in [-0.2, -0.15) is 0 Å². The molecule has 1 nitrogen and oxygen atoms in total. The zero-order valence-corrected chi connectivity index (χ0v) is 23.9. The van der Waals surface area contributed by atoms with Gasteiger partial charge in [0.25, 0.3) is 0 Å². The molecule has 0 bridgehead atoms. The molecule has 0 unspecified atom stereocenters. The number of hydrogen-bond donors (Lipinski definition) is 0. The fourth-order valence-corrected chi connectivity index (χ4v) is 3.68. The number of aryl methyl sites for hydroxylation is 2. The van der Waals surface area contributed by atoms with Crippen LogP contribution in [0.15, 0.2) is 49.1 Å². The molecule has 2 fully saturated rings. The minimum Gasteiger partial charge on any atom is -0.258 e. The molecule has 0 N–H and O–H groups in total. The first-order valence-corrected chi connectivity index (χ1v) is 14.3. The van der Waals surface area contributed by atoms with Crippen LogP contribution in [-0.4, -0.2) is 4.98 Å². The Morgan fingerprint density at radius 3 is 1.71 bits per heavy atom. The van der Waals surface area contributed by atoms with E-state index in [9.17, 15) is 0 Å². The van der Waals surface area contributed by atoms with Crippen molar-refractivity contribution in [1.29, 1.82) is 0 Å². The third-order valence-corrected chi connectivity index (χ3v) is 6.21. The fourth-order valence-electron chi connectivity index (χ4n) is 3.68. The van der Waals surface area contributed by atoms with E-state index in [1.54, 1.807) is 0 Å². The molecule has 1 aromatic heterocycles. The molecule has 2 aromatic rings. The molecule has 0 atom stereocenters. The van der Waals surface area contributed by atoms with E-state index in [-0.39, 0.29) is 0 Å². The lowest BCUT2D eigenvalue weighted by atomic mass is 9.86. The van der Waals surface area contributed by atoms with E-state index in [0.29, 0.717) is 0 Å². The highest BCUT2D eigenvalue weighted by Crippen LogP contribution is 2.41. The second-order valence-electron chi connectivity index (χ2n) is 8.88. The number of pyridine rings is 1. The summed E-state index contributed by atoms with van der Waals surface area (Å²) in [6.45, 7) is 20.4. The quantitative estimate of drug-likeness (QED) is 0.370. The van der Waals surface area contributed by atoms with E-state index in [2.05, 4.69) is 76.7 Å². The Labute approximate surface area is 213 Å². The largest absolute Gasteiger partial charge is 0.258 e. The molecule has 0 amide bonds. The summed E-state index contributed by atoms with van der Waals surface area (Å²) in [6, 6.07) is 13.4. The molecule has 0 radical (unpaired) electrons. The molecule has 0 saturated heterocycles. The van der Waals surface area contributed by atoms with Crippen LogP contribution in [0, 0.1) is 12.8 Å². The molecule has 192 valence electrons. The summed E-state index contributed by atoms with van der Waals surface area (Å²) in [4.78, 5) is 4.77. The Hall–Kier alpha value is -1.89. The fraction of sp³-hybridized carbons (Fsp3) is 0.606. The van der Waals surface area contributed by atoms with Gasteiger partial charge in [0.1, 0.15) is 0 Å². The third-order valence-electron chi connectivity index (χ3n) is 6.21. The number of rotatable bonds is 7. The van der Waals surface area contributed by atoms with Gasteiger partial charge in [-0.1, -0.05) is 111 Å². The monoisotopic (exact) mass is 465 g/mol. The maximum atomic E-state index is 4.77. The number of allylic oxidation sites excluding steroid dienone is 1. The molecule has 1 aromatic carbocycles. The summed E-state index contributed by atoms with van der Waals surface area (Å²) < 4.78 is 0. The topological polar surface area (TPSA) is 12.9 Å². The summed E-state index contributed by atoms with van der Waals surface area (Å²) in [5.41, 5.74) is 6.63. The Kier molecular flexibility index (Phi) is 19.3. The Morgan fingerprint density at radius 2 is 1.38 bits per heavy atom. The van der Waals surface area contributed by atoms with E-state index in [0.717, 1.165) is 24.7 Å². The van der Waals surface area contributed by atoms with Gasteiger partial charge in [-0.05, 0) is 73.6 Å². The van der Waals surface area contributed by atoms with Crippen molar-refractivity contribution in [2.75, 3.05) is 0 Å². The molecule has 2 aliphatic carbocycles. The average molecular weight is 466 g/mol. The summed E-state index contributed by atoms with van der Waals surface area (Å²) in [5, 5.41) is 0. The van der Waals surface area contributed by atoms with Crippen molar-refractivity contribution in [3.63, 3.8) is 0 Å². The maximum Gasteiger partial charge on any atom is 0.0450 e. The maximum absolute atomic E-state index is 4.77. The zero-order chi connectivity index (χ0) is 25.8. The summed E-state index contributed by atoms with van der Waals surface area (Å²) >= 11 is 0. The van der Waals surface area contributed by atoms with Crippen molar-refractivity contribution in [3.05, 3.63) is 77.1 Å². The first kappa shape index (κ1) is 32.1. The van der Waals surface area contributed by atoms with Crippen LogP contribution in [0.25, 0.3) is 0 Å². The Morgan fingerprint density at radius 1 is 0.824 bits per heavy atom. The molecule has 2 aliphatic rings. The first-order chi connectivity index (χ1) is 16.6.